The van der Waals surface area contributed by atoms with Crippen LogP contribution in [0.2, 0.25) is 5.02 Å². The first kappa shape index (κ1) is 17.9. The molecule has 1 atom stereocenters. The lowest BCUT2D eigenvalue weighted by Gasteiger charge is -2.33. The summed E-state index contributed by atoms with van der Waals surface area (Å²) in [5.74, 6) is 1.14. The number of benzene rings is 1. The molecule has 3 rings (SSSR count). The minimum atomic E-state index is -0.00827. The summed E-state index contributed by atoms with van der Waals surface area (Å²) >= 11 is 5.88. The lowest BCUT2D eigenvalue weighted by Crippen LogP contribution is -2.49. The number of nitrogens with zero attached hydrogens (tertiary/aromatic N) is 3. The zero-order chi connectivity index (χ0) is 17.6. The SMILES string of the molecule is CCN1CCCC[C@H]1C(=O)NCCc1nc(-c2ccc(Cl)cc2)no1. The predicted molar refractivity (Wildman–Crippen MR) is 96.3 cm³/mol. The predicted octanol–water partition coefficient (Wildman–Crippen LogP) is 2.92. The number of piperidine rings is 1. The van der Waals surface area contributed by atoms with Crippen molar-refractivity contribution in [2.24, 2.45) is 0 Å². The van der Waals surface area contributed by atoms with E-state index in [9.17, 15) is 4.79 Å². The molecule has 0 bridgehead atoms. The van der Waals surface area contributed by atoms with Crippen LogP contribution < -0.4 is 5.32 Å². The Labute approximate surface area is 152 Å². The molecule has 1 aliphatic heterocycles. The zero-order valence-electron chi connectivity index (χ0n) is 14.4. The lowest BCUT2D eigenvalue weighted by atomic mass is 10.0. The number of nitrogens with one attached hydrogen (secondary N) is 1. The second-order valence-electron chi connectivity index (χ2n) is 6.20. The van der Waals surface area contributed by atoms with Gasteiger partial charge in [0, 0.05) is 23.6 Å². The van der Waals surface area contributed by atoms with Crippen molar-refractivity contribution in [3.05, 3.63) is 35.2 Å². The number of aromatic nitrogens is 2. The summed E-state index contributed by atoms with van der Waals surface area (Å²) in [6.07, 6.45) is 3.74. The van der Waals surface area contributed by atoms with Gasteiger partial charge in [-0.1, -0.05) is 30.1 Å². The van der Waals surface area contributed by atoms with Crippen LogP contribution in [0.25, 0.3) is 11.4 Å². The van der Waals surface area contributed by atoms with E-state index in [2.05, 4.69) is 27.3 Å². The van der Waals surface area contributed by atoms with Crippen molar-refractivity contribution < 1.29 is 9.32 Å². The first-order valence-electron chi connectivity index (χ1n) is 8.77. The van der Waals surface area contributed by atoms with Gasteiger partial charge in [-0.3, -0.25) is 9.69 Å². The molecule has 1 N–H and O–H groups in total. The van der Waals surface area contributed by atoms with Gasteiger partial charge in [0.1, 0.15) is 0 Å². The van der Waals surface area contributed by atoms with E-state index in [1.807, 2.05) is 12.1 Å². The Morgan fingerprint density at radius 2 is 2.16 bits per heavy atom. The standard InChI is InChI=1S/C18H23ClN4O2/c1-2-23-12-4-3-5-15(23)18(24)20-11-10-16-21-17(22-25-16)13-6-8-14(19)9-7-13/h6-9,15H,2-5,10-12H2,1H3,(H,20,24)/t15-/m0/s1. The Hall–Kier alpha value is -1.92. The molecular weight excluding hydrogens is 340 g/mol. The first-order chi connectivity index (χ1) is 12.2. The largest absolute Gasteiger partial charge is 0.354 e. The molecule has 134 valence electrons. The Morgan fingerprint density at radius 1 is 1.36 bits per heavy atom. The molecular formula is C18H23ClN4O2. The summed E-state index contributed by atoms with van der Waals surface area (Å²) in [6.45, 7) is 4.51. The van der Waals surface area contributed by atoms with Gasteiger partial charge in [0.15, 0.2) is 0 Å². The average Bonchev–Trinajstić information content (AvgIpc) is 3.11. The van der Waals surface area contributed by atoms with Crippen LogP contribution in [0, 0.1) is 0 Å². The van der Waals surface area contributed by atoms with E-state index >= 15 is 0 Å². The molecule has 1 aliphatic rings. The number of carbonyl (C=O) groups excluding carboxylic acids is 1. The van der Waals surface area contributed by atoms with Crippen molar-refractivity contribution in [2.45, 2.75) is 38.6 Å². The second-order valence-corrected chi connectivity index (χ2v) is 6.64. The normalized spacial score (nSPS) is 18.2. The van der Waals surface area contributed by atoms with Crippen molar-refractivity contribution in [2.75, 3.05) is 19.6 Å². The third-order valence-electron chi connectivity index (χ3n) is 4.53. The van der Waals surface area contributed by atoms with E-state index in [4.69, 9.17) is 16.1 Å². The van der Waals surface area contributed by atoms with E-state index < -0.39 is 0 Å². The minimum Gasteiger partial charge on any atom is -0.354 e. The smallest absolute Gasteiger partial charge is 0.237 e. The molecule has 1 aromatic carbocycles. The van der Waals surface area contributed by atoms with Crippen LogP contribution in [-0.4, -0.2) is 46.6 Å². The van der Waals surface area contributed by atoms with Crippen molar-refractivity contribution in [1.82, 2.24) is 20.4 Å². The Kier molecular flexibility index (Phi) is 6.04. The molecule has 6 nitrogen and oxygen atoms in total. The summed E-state index contributed by atoms with van der Waals surface area (Å²) < 4.78 is 5.26. The number of hydrogen-bond acceptors (Lipinski definition) is 5. The molecule has 1 fully saturated rings. The van der Waals surface area contributed by atoms with Gasteiger partial charge in [0.05, 0.1) is 6.04 Å². The van der Waals surface area contributed by atoms with Crippen LogP contribution in [-0.2, 0) is 11.2 Å². The number of hydrogen-bond donors (Lipinski definition) is 1. The van der Waals surface area contributed by atoms with Crippen LogP contribution in [0.4, 0.5) is 0 Å². The van der Waals surface area contributed by atoms with E-state index in [-0.39, 0.29) is 11.9 Å². The average molecular weight is 363 g/mol. The molecule has 0 radical (unpaired) electrons. The first-order valence-corrected chi connectivity index (χ1v) is 9.15. The molecule has 0 spiro atoms. The van der Waals surface area contributed by atoms with E-state index in [1.165, 1.54) is 6.42 Å². The summed E-state index contributed by atoms with van der Waals surface area (Å²) in [5, 5.41) is 7.64. The fourth-order valence-electron chi connectivity index (χ4n) is 3.15. The summed E-state index contributed by atoms with van der Waals surface area (Å²) in [4.78, 5) is 19.0. The number of likely N-dealkylation sites (N-methyl/N-ethyl adjacent to an activating group) is 1. The number of halogens is 1. The molecule has 0 unspecified atom stereocenters. The Morgan fingerprint density at radius 3 is 2.92 bits per heavy atom. The van der Waals surface area contributed by atoms with Gasteiger partial charge in [-0.15, -0.1) is 0 Å². The highest BCUT2D eigenvalue weighted by Crippen LogP contribution is 2.19. The summed E-state index contributed by atoms with van der Waals surface area (Å²) in [5.41, 5.74) is 0.851. The van der Waals surface area contributed by atoms with Gasteiger partial charge < -0.3 is 9.84 Å². The summed E-state index contributed by atoms with van der Waals surface area (Å²) in [6, 6.07) is 7.27. The van der Waals surface area contributed by atoms with Crippen LogP contribution >= 0.6 is 11.6 Å². The Bertz CT molecular complexity index is 701. The monoisotopic (exact) mass is 362 g/mol. The maximum absolute atomic E-state index is 12.4. The van der Waals surface area contributed by atoms with Crippen LogP contribution in [0.3, 0.4) is 0 Å². The highest BCUT2D eigenvalue weighted by Gasteiger charge is 2.27. The fraction of sp³-hybridized carbons (Fsp3) is 0.500. The van der Waals surface area contributed by atoms with Gasteiger partial charge in [-0.2, -0.15) is 4.98 Å². The van der Waals surface area contributed by atoms with E-state index in [1.54, 1.807) is 12.1 Å². The molecule has 2 heterocycles. The van der Waals surface area contributed by atoms with Gasteiger partial charge in [-0.05, 0) is 50.2 Å². The Balaban J connectivity index is 1.50. The van der Waals surface area contributed by atoms with Crippen molar-refractivity contribution >= 4 is 17.5 Å². The van der Waals surface area contributed by atoms with Crippen molar-refractivity contribution in [3.63, 3.8) is 0 Å². The molecule has 25 heavy (non-hydrogen) atoms. The molecule has 2 aromatic rings. The van der Waals surface area contributed by atoms with Crippen molar-refractivity contribution in [1.29, 1.82) is 0 Å². The van der Waals surface area contributed by atoms with Gasteiger partial charge in [0.25, 0.3) is 0 Å². The van der Waals surface area contributed by atoms with Gasteiger partial charge in [-0.25, -0.2) is 0 Å². The molecule has 1 saturated heterocycles. The number of carbonyl (C=O) groups is 1. The highest BCUT2D eigenvalue weighted by atomic mass is 35.5. The molecule has 1 aromatic heterocycles. The van der Waals surface area contributed by atoms with Crippen LogP contribution in [0.15, 0.2) is 28.8 Å². The number of amides is 1. The molecule has 0 saturated carbocycles. The van der Waals surface area contributed by atoms with Crippen molar-refractivity contribution in [3.8, 4) is 11.4 Å². The lowest BCUT2D eigenvalue weighted by molar-refractivity contribution is -0.127. The van der Waals surface area contributed by atoms with Crippen LogP contribution in [0.1, 0.15) is 32.1 Å². The third-order valence-corrected chi connectivity index (χ3v) is 4.78. The third kappa shape index (κ3) is 4.58. The number of likely N-dealkylation sites (tertiary alicyclic amines) is 1. The molecule has 1 amide bonds. The molecule has 7 heteroatoms. The number of rotatable bonds is 6. The molecule has 0 aliphatic carbocycles. The van der Waals surface area contributed by atoms with Gasteiger partial charge in [0.2, 0.25) is 17.6 Å². The maximum atomic E-state index is 12.4. The quantitative estimate of drug-likeness (QED) is 0.855. The highest BCUT2D eigenvalue weighted by molar-refractivity contribution is 6.30. The summed E-state index contributed by atoms with van der Waals surface area (Å²) in [7, 11) is 0. The van der Waals surface area contributed by atoms with E-state index in [0.717, 1.165) is 31.5 Å². The van der Waals surface area contributed by atoms with E-state index in [0.29, 0.717) is 29.7 Å². The maximum Gasteiger partial charge on any atom is 0.237 e. The second kappa shape index (κ2) is 8.45. The van der Waals surface area contributed by atoms with Crippen LogP contribution in [0.5, 0.6) is 0 Å². The van der Waals surface area contributed by atoms with Gasteiger partial charge >= 0.3 is 0 Å². The zero-order valence-corrected chi connectivity index (χ0v) is 15.1. The topological polar surface area (TPSA) is 71.3 Å². The fourth-order valence-corrected chi connectivity index (χ4v) is 3.28. The minimum absolute atomic E-state index is 0.00827.